The summed E-state index contributed by atoms with van der Waals surface area (Å²) in [7, 11) is -4.84. The lowest BCUT2D eigenvalue weighted by Gasteiger charge is -2.20. The van der Waals surface area contributed by atoms with Crippen LogP contribution in [0.25, 0.3) is 245 Å². The first-order valence-electron chi connectivity index (χ1n) is 48.7. The molecule has 0 radical (unpaired) electrons. The Kier molecular flexibility index (Phi) is 25.1. The molecule has 25 rings (SSSR count). The first-order chi connectivity index (χ1) is 71.7. The second kappa shape index (κ2) is 40.1. The summed E-state index contributed by atoms with van der Waals surface area (Å²) in [6, 6.07) is 167. The SMILES string of the molecule is CP(C)(=O)c1ccc(-c2c(-c3ccccc3)c3ccccc3c3c(-c4nc(-c5ccccc5)nc(-c5ccccc5)n4)cccc23)cc1.CP(C)(=O)c1ccc(-c2c(-c3ccccc3)c3ccccc3c3ccc(-c4nc(-c5ccccc5)nc(-c5ccccc5)n4)cc23)cc1.c1ccc(-c2nc(-c3ccccc3)nc(-c3ccc4c(c3)c(-c3ccc(-c5ccncc5)cc3)c(-c3ccccc3)c3ccccc34)n2)cc1. The maximum atomic E-state index is 13.0. The molecule has 0 spiro atoms. The molecule has 4 heterocycles. The Morgan fingerprint density at radius 3 is 0.664 bits per heavy atom. The standard InChI is InChI=1S/C46H30N4.2C43H32N3OP/c1-4-12-33(13-5-1)42-40-19-11-10-18-38(40)39-25-24-37(30-41(39)43(42)34-22-20-31(21-23-34)32-26-28-47-29-27-32)46-49-44(35-14-6-2-7-15-35)48-45(50-46)36-16-8-3-9-17-36;1-48(2,47)33-27-25-30(26-28-33)39-36-23-14-24-37(40(36)35-22-13-12-21-34(35)38(39)29-15-6-3-7-16-29)43-45-41(31-17-8-4-9-18-31)44-42(46-43)32-19-10-5-11-20-32;1-48(2,47)34-25-22-30(23-26-34)40-38-28-33(24-27-36(38)35-20-12-13-21-37(35)39(40)29-14-6-3-7-15-29)43-45-41(31-16-8-4-9-17-31)44-42(46-43)32-18-10-5-11-19-32/h1-30H;2*3-28H,1-2H3. The van der Waals surface area contributed by atoms with Crippen LogP contribution >= 0.6 is 14.3 Å². The van der Waals surface area contributed by atoms with Gasteiger partial charge in [0.2, 0.25) is 0 Å². The molecule has 146 heavy (non-hydrogen) atoms. The van der Waals surface area contributed by atoms with Gasteiger partial charge in [0.25, 0.3) is 0 Å². The van der Waals surface area contributed by atoms with Gasteiger partial charge in [-0.15, -0.1) is 0 Å². The van der Waals surface area contributed by atoms with Crippen LogP contribution in [-0.4, -0.2) is 76.5 Å². The number of hydrogen-bond acceptors (Lipinski definition) is 12. The van der Waals surface area contributed by atoms with Crippen molar-refractivity contribution in [3.05, 3.63) is 498 Å². The number of nitrogens with zero attached hydrogens (tertiary/aromatic N) is 10. The number of aromatic nitrogens is 10. The van der Waals surface area contributed by atoms with E-state index in [-0.39, 0.29) is 0 Å². The third-order valence-electron chi connectivity index (χ3n) is 26.9. The number of fused-ring (bicyclic) bond motifs is 9. The molecule has 0 amide bonds. The molecule has 4 aromatic heterocycles. The van der Waals surface area contributed by atoms with E-state index in [9.17, 15) is 9.13 Å². The summed E-state index contributed by atoms with van der Waals surface area (Å²) >= 11 is 0. The number of benzene rings is 21. The fourth-order valence-corrected chi connectivity index (χ4v) is 21.6. The molecule has 0 aliphatic rings. The molecule has 14 heteroatoms. The van der Waals surface area contributed by atoms with E-state index >= 15 is 0 Å². The van der Waals surface area contributed by atoms with Gasteiger partial charge >= 0.3 is 0 Å². The first-order valence-corrected chi connectivity index (χ1v) is 54.0. The van der Waals surface area contributed by atoms with Crippen LogP contribution in [0.3, 0.4) is 0 Å². The van der Waals surface area contributed by atoms with Crippen LogP contribution < -0.4 is 10.6 Å². The highest BCUT2D eigenvalue weighted by Gasteiger charge is 2.28. The van der Waals surface area contributed by atoms with Crippen molar-refractivity contribution in [2.24, 2.45) is 0 Å². The Bertz CT molecular complexity index is 8980. The van der Waals surface area contributed by atoms with Gasteiger partial charge in [-0.3, -0.25) is 4.98 Å². The summed E-state index contributed by atoms with van der Waals surface area (Å²) < 4.78 is 26.0. The van der Waals surface area contributed by atoms with Crippen LogP contribution in [0.1, 0.15) is 0 Å². The zero-order valence-corrected chi connectivity index (χ0v) is 82.3. The molecule has 0 aliphatic carbocycles. The Morgan fingerprint density at radius 2 is 0.356 bits per heavy atom. The van der Waals surface area contributed by atoms with E-state index in [2.05, 4.69) is 272 Å². The average molecular weight is 1910 g/mol. The van der Waals surface area contributed by atoms with Crippen molar-refractivity contribution in [1.82, 2.24) is 49.8 Å². The quantitative estimate of drug-likeness (QED) is 0.0591. The highest BCUT2D eigenvalue weighted by atomic mass is 31.2. The molecule has 0 aliphatic heterocycles. The molecule has 25 aromatic rings. The maximum absolute atomic E-state index is 13.0. The van der Waals surface area contributed by atoms with E-state index in [0.717, 1.165) is 160 Å². The number of hydrogen-bond donors (Lipinski definition) is 0. The van der Waals surface area contributed by atoms with E-state index in [4.69, 9.17) is 44.9 Å². The molecule has 694 valence electrons. The van der Waals surface area contributed by atoms with E-state index in [1.807, 2.05) is 257 Å². The minimum atomic E-state index is -2.42. The largest absolute Gasteiger partial charge is 0.319 e. The van der Waals surface area contributed by atoms with Gasteiger partial charge in [-0.2, -0.15) is 0 Å². The molecule has 0 fully saturated rings. The van der Waals surface area contributed by atoms with Crippen molar-refractivity contribution in [3.63, 3.8) is 0 Å². The maximum Gasteiger partial charge on any atom is 0.164 e. The van der Waals surface area contributed by atoms with Crippen molar-refractivity contribution in [2.75, 3.05) is 26.7 Å². The van der Waals surface area contributed by atoms with Crippen molar-refractivity contribution >= 4 is 89.5 Å². The van der Waals surface area contributed by atoms with Gasteiger partial charge in [0.15, 0.2) is 52.4 Å². The van der Waals surface area contributed by atoms with Gasteiger partial charge in [0, 0.05) is 78.5 Å². The van der Waals surface area contributed by atoms with Gasteiger partial charge in [-0.05, 0) is 188 Å². The Hall–Kier alpha value is -18.2. The predicted octanol–water partition coefficient (Wildman–Crippen LogP) is 33.1. The van der Waals surface area contributed by atoms with Crippen molar-refractivity contribution in [3.8, 4) is 180 Å². The van der Waals surface area contributed by atoms with Gasteiger partial charge in [0.1, 0.15) is 14.3 Å². The molecular formula is C132H94N10O2P2. The summed E-state index contributed by atoms with van der Waals surface area (Å²) in [4.78, 5) is 49.4. The van der Waals surface area contributed by atoms with Crippen LogP contribution in [0.2, 0.25) is 0 Å². The number of pyridine rings is 1. The highest BCUT2D eigenvalue weighted by molar-refractivity contribution is 7.70. The molecule has 0 saturated heterocycles. The minimum absolute atomic E-state index is 0.609. The molecule has 0 saturated carbocycles. The van der Waals surface area contributed by atoms with Crippen LogP contribution in [-0.2, 0) is 9.13 Å². The topological polar surface area (TPSA) is 163 Å². The molecule has 21 aromatic carbocycles. The molecule has 0 unspecified atom stereocenters. The number of rotatable bonds is 18. The fourth-order valence-electron chi connectivity index (χ4n) is 19.9. The third kappa shape index (κ3) is 18.6. The predicted molar refractivity (Wildman–Crippen MR) is 607 cm³/mol. The summed E-state index contributed by atoms with van der Waals surface area (Å²) in [5, 5.41) is 15.5. The molecule has 0 N–H and O–H groups in total. The van der Waals surface area contributed by atoms with Gasteiger partial charge in [-0.25, -0.2) is 44.9 Å². The fraction of sp³-hybridized carbons (Fsp3) is 0.0303. The second-order valence-electron chi connectivity index (χ2n) is 37.0. The minimum Gasteiger partial charge on any atom is -0.319 e. The lowest BCUT2D eigenvalue weighted by Crippen LogP contribution is -2.02. The zero-order chi connectivity index (χ0) is 98.6. The van der Waals surface area contributed by atoms with Crippen LogP contribution in [0.5, 0.6) is 0 Å². The van der Waals surface area contributed by atoms with Crippen LogP contribution in [0.15, 0.2) is 498 Å². The van der Waals surface area contributed by atoms with Crippen molar-refractivity contribution in [1.29, 1.82) is 0 Å². The second-order valence-corrected chi connectivity index (χ2v) is 43.4. The van der Waals surface area contributed by atoms with Gasteiger partial charge < -0.3 is 9.13 Å². The van der Waals surface area contributed by atoms with E-state index in [0.29, 0.717) is 52.4 Å². The molecule has 0 bridgehead atoms. The molecule has 0 atom stereocenters. The Balaban J connectivity index is 0.000000121. The van der Waals surface area contributed by atoms with E-state index in [1.165, 1.54) is 43.6 Å². The Labute approximate surface area is 847 Å². The van der Waals surface area contributed by atoms with E-state index in [1.54, 1.807) is 0 Å². The molecule has 12 nitrogen and oxygen atoms in total. The van der Waals surface area contributed by atoms with Crippen LogP contribution in [0, 0.1) is 0 Å². The zero-order valence-electron chi connectivity index (χ0n) is 80.5. The van der Waals surface area contributed by atoms with Crippen molar-refractivity contribution in [2.45, 2.75) is 0 Å². The average Bonchev–Trinajstić information content (AvgIpc) is 0.784. The third-order valence-corrected chi connectivity index (χ3v) is 30.0. The van der Waals surface area contributed by atoms with E-state index < -0.39 is 14.3 Å². The lowest BCUT2D eigenvalue weighted by molar-refractivity contribution is 0.587. The monoisotopic (exact) mass is 1910 g/mol. The van der Waals surface area contributed by atoms with Crippen molar-refractivity contribution < 1.29 is 9.13 Å². The summed E-state index contributed by atoms with van der Waals surface area (Å²) in [6.45, 7) is 7.27. The lowest BCUT2D eigenvalue weighted by atomic mass is 9.83. The van der Waals surface area contributed by atoms with Gasteiger partial charge in [-0.1, -0.05) is 461 Å². The summed E-state index contributed by atoms with van der Waals surface area (Å²) in [5.41, 5.74) is 24.3. The Morgan fingerprint density at radius 1 is 0.151 bits per heavy atom. The first kappa shape index (κ1) is 91.6. The summed E-state index contributed by atoms with van der Waals surface area (Å²) in [6.07, 6.45) is 3.67. The normalized spacial score (nSPS) is 11.5. The van der Waals surface area contributed by atoms with Gasteiger partial charge in [0.05, 0.1) is 0 Å². The van der Waals surface area contributed by atoms with Crippen LogP contribution in [0.4, 0.5) is 0 Å². The smallest absolute Gasteiger partial charge is 0.164 e. The summed E-state index contributed by atoms with van der Waals surface area (Å²) in [5.74, 6) is 5.65. The highest BCUT2D eigenvalue weighted by Crippen LogP contribution is 2.52. The molecular weight excluding hydrogens is 1820 g/mol.